The van der Waals surface area contributed by atoms with Crippen molar-refractivity contribution in [3.8, 4) is 22.4 Å². The number of amides is 1. The molecule has 3 N–H and O–H groups in total. The molecular formula is C28H25FN4O3. The van der Waals surface area contributed by atoms with Gasteiger partial charge in [-0.2, -0.15) is 5.10 Å². The zero-order chi connectivity index (χ0) is 25.1. The highest BCUT2D eigenvalue weighted by Gasteiger charge is 2.38. The lowest BCUT2D eigenvalue weighted by atomic mass is 9.91. The van der Waals surface area contributed by atoms with Gasteiger partial charge in [0.2, 0.25) is 5.91 Å². The Morgan fingerprint density at radius 1 is 1.03 bits per heavy atom. The first-order valence-electron chi connectivity index (χ1n) is 11.7. The Labute approximate surface area is 207 Å². The summed E-state index contributed by atoms with van der Waals surface area (Å²) in [6.45, 7) is 0.803. The first-order chi connectivity index (χ1) is 17.5. The molecule has 1 aliphatic rings. The van der Waals surface area contributed by atoms with E-state index in [9.17, 15) is 19.1 Å². The summed E-state index contributed by atoms with van der Waals surface area (Å²) in [6.07, 6.45) is 1.28. The van der Waals surface area contributed by atoms with E-state index in [-0.39, 0.29) is 12.3 Å². The molecule has 1 fully saturated rings. The van der Waals surface area contributed by atoms with Gasteiger partial charge in [0.05, 0.1) is 24.4 Å². The number of carboxylic acids is 1. The van der Waals surface area contributed by atoms with Crippen molar-refractivity contribution in [2.45, 2.75) is 18.5 Å². The lowest BCUT2D eigenvalue weighted by Crippen LogP contribution is -2.57. The third-order valence-electron chi connectivity index (χ3n) is 6.51. The number of benzene rings is 3. The number of halogens is 1. The van der Waals surface area contributed by atoms with E-state index in [1.54, 1.807) is 24.4 Å². The van der Waals surface area contributed by atoms with Crippen LogP contribution in [0.5, 0.6) is 0 Å². The van der Waals surface area contributed by atoms with Gasteiger partial charge in [-0.3, -0.25) is 19.6 Å². The van der Waals surface area contributed by atoms with E-state index in [1.807, 2.05) is 59.5 Å². The minimum Gasteiger partial charge on any atom is -0.481 e. The molecule has 0 saturated carbocycles. The molecule has 0 aliphatic carbocycles. The molecule has 2 atom stereocenters. The van der Waals surface area contributed by atoms with Crippen LogP contribution in [0.25, 0.3) is 22.4 Å². The summed E-state index contributed by atoms with van der Waals surface area (Å²) in [5, 5.41) is 19.5. The molecule has 182 valence electrons. The fourth-order valence-corrected chi connectivity index (χ4v) is 4.84. The number of hydrogen-bond acceptors (Lipinski definition) is 4. The SMILES string of the molecule is O=C(O)CC1C(=O)NCCN1C(c1ccc(-c2ccccc2)cc1)c1cn[nH]c1-c1ccccc1F. The van der Waals surface area contributed by atoms with Crippen LogP contribution in [-0.2, 0) is 9.59 Å². The van der Waals surface area contributed by atoms with Gasteiger partial charge in [-0.05, 0) is 28.8 Å². The average molecular weight is 485 g/mol. The summed E-state index contributed by atoms with van der Waals surface area (Å²) in [4.78, 5) is 26.3. The maximum Gasteiger partial charge on any atom is 0.305 e. The van der Waals surface area contributed by atoms with E-state index in [1.165, 1.54) is 6.07 Å². The predicted octanol–water partition coefficient (Wildman–Crippen LogP) is 4.25. The number of carboxylic acid groups (broad SMARTS) is 1. The first-order valence-corrected chi connectivity index (χ1v) is 11.7. The summed E-state index contributed by atoms with van der Waals surface area (Å²) in [7, 11) is 0. The van der Waals surface area contributed by atoms with Crippen molar-refractivity contribution in [1.29, 1.82) is 0 Å². The van der Waals surface area contributed by atoms with Crippen LogP contribution in [0.4, 0.5) is 4.39 Å². The molecule has 1 aliphatic heterocycles. The fourth-order valence-electron chi connectivity index (χ4n) is 4.84. The molecule has 2 heterocycles. The van der Waals surface area contributed by atoms with Crippen LogP contribution in [0, 0.1) is 5.82 Å². The molecule has 1 aromatic heterocycles. The molecule has 1 amide bonds. The summed E-state index contributed by atoms with van der Waals surface area (Å²) < 4.78 is 14.8. The second kappa shape index (κ2) is 10.1. The summed E-state index contributed by atoms with van der Waals surface area (Å²) in [5.41, 5.74) is 4.45. The topological polar surface area (TPSA) is 98.3 Å². The van der Waals surface area contributed by atoms with Gasteiger partial charge < -0.3 is 10.4 Å². The van der Waals surface area contributed by atoms with E-state index in [4.69, 9.17) is 0 Å². The second-order valence-corrected chi connectivity index (χ2v) is 8.71. The van der Waals surface area contributed by atoms with E-state index in [0.29, 0.717) is 29.9 Å². The van der Waals surface area contributed by atoms with Gasteiger partial charge in [0.1, 0.15) is 11.9 Å². The molecule has 5 rings (SSSR count). The average Bonchev–Trinajstić information content (AvgIpc) is 3.36. The Balaban J connectivity index is 1.63. The Morgan fingerprint density at radius 3 is 2.44 bits per heavy atom. The van der Waals surface area contributed by atoms with Gasteiger partial charge in [0.15, 0.2) is 0 Å². The Kier molecular flexibility index (Phi) is 6.60. The highest BCUT2D eigenvalue weighted by atomic mass is 19.1. The first kappa shape index (κ1) is 23.4. The maximum atomic E-state index is 14.8. The number of H-pyrrole nitrogens is 1. The Hall–Kier alpha value is -4.30. The van der Waals surface area contributed by atoms with Gasteiger partial charge in [-0.25, -0.2) is 4.39 Å². The van der Waals surface area contributed by atoms with Crippen LogP contribution < -0.4 is 5.32 Å². The van der Waals surface area contributed by atoms with E-state index < -0.39 is 23.9 Å². The number of rotatable bonds is 7. The number of aromatic nitrogens is 2. The normalized spacial score (nSPS) is 16.9. The summed E-state index contributed by atoms with van der Waals surface area (Å²) in [6, 6.07) is 22.9. The van der Waals surface area contributed by atoms with Gasteiger partial charge in [0.25, 0.3) is 0 Å². The molecule has 8 heteroatoms. The van der Waals surface area contributed by atoms with Crippen LogP contribution in [0.15, 0.2) is 85.1 Å². The van der Waals surface area contributed by atoms with Crippen LogP contribution in [0.3, 0.4) is 0 Å². The lowest BCUT2D eigenvalue weighted by Gasteiger charge is -2.40. The maximum absolute atomic E-state index is 14.8. The number of nitrogens with one attached hydrogen (secondary N) is 2. The van der Waals surface area contributed by atoms with Crippen LogP contribution in [-0.4, -0.2) is 51.2 Å². The molecule has 3 aromatic carbocycles. The number of aliphatic carboxylic acids is 1. The van der Waals surface area contributed by atoms with Crippen molar-refractivity contribution in [2.24, 2.45) is 0 Å². The summed E-state index contributed by atoms with van der Waals surface area (Å²) >= 11 is 0. The van der Waals surface area contributed by atoms with Gasteiger partial charge in [-0.1, -0.05) is 66.7 Å². The van der Waals surface area contributed by atoms with Crippen molar-refractivity contribution < 1.29 is 19.1 Å². The molecule has 1 saturated heterocycles. The highest BCUT2D eigenvalue weighted by Crippen LogP contribution is 2.38. The molecule has 0 radical (unpaired) electrons. The van der Waals surface area contributed by atoms with E-state index in [0.717, 1.165) is 16.7 Å². The van der Waals surface area contributed by atoms with Crippen molar-refractivity contribution >= 4 is 11.9 Å². The monoisotopic (exact) mass is 484 g/mol. The molecule has 0 spiro atoms. The predicted molar refractivity (Wildman–Crippen MR) is 133 cm³/mol. The van der Waals surface area contributed by atoms with Crippen molar-refractivity contribution in [3.05, 3.63) is 102 Å². The van der Waals surface area contributed by atoms with Crippen LogP contribution in [0.2, 0.25) is 0 Å². The van der Waals surface area contributed by atoms with Crippen molar-refractivity contribution in [1.82, 2.24) is 20.4 Å². The molecular weight excluding hydrogens is 459 g/mol. The number of piperazine rings is 1. The van der Waals surface area contributed by atoms with Gasteiger partial charge >= 0.3 is 5.97 Å². The number of carbonyl (C=O) groups is 2. The van der Waals surface area contributed by atoms with Crippen molar-refractivity contribution in [3.63, 3.8) is 0 Å². The third kappa shape index (κ3) is 4.63. The van der Waals surface area contributed by atoms with Crippen LogP contribution in [0.1, 0.15) is 23.6 Å². The number of aromatic amines is 1. The minimum atomic E-state index is -1.07. The molecule has 7 nitrogen and oxygen atoms in total. The molecule has 2 unspecified atom stereocenters. The standard InChI is InChI=1S/C28H25FN4O3/c29-23-9-5-4-8-21(23)26-22(17-31-32-26)27(33-15-14-30-28(36)24(33)16-25(34)35)20-12-10-19(11-13-20)18-6-2-1-3-7-18/h1-13,17,24,27H,14-16H2,(H,30,36)(H,31,32)(H,34,35). The molecule has 36 heavy (non-hydrogen) atoms. The lowest BCUT2D eigenvalue weighted by molar-refractivity contribution is -0.143. The van der Waals surface area contributed by atoms with Crippen molar-refractivity contribution in [2.75, 3.05) is 13.1 Å². The second-order valence-electron chi connectivity index (χ2n) is 8.71. The molecule has 0 bridgehead atoms. The number of hydrogen-bond donors (Lipinski definition) is 3. The Morgan fingerprint density at radius 2 is 1.72 bits per heavy atom. The quantitative estimate of drug-likeness (QED) is 0.364. The third-order valence-corrected chi connectivity index (χ3v) is 6.51. The molecule has 4 aromatic rings. The van der Waals surface area contributed by atoms with E-state index >= 15 is 0 Å². The highest BCUT2D eigenvalue weighted by molar-refractivity contribution is 5.87. The van der Waals surface area contributed by atoms with E-state index in [2.05, 4.69) is 15.5 Å². The smallest absolute Gasteiger partial charge is 0.305 e. The zero-order valence-electron chi connectivity index (χ0n) is 19.4. The largest absolute Gasteiger partial charge is 0.481 e. The summed E-state index contributed by atoms with van der Waals surface area (Å²) in [5.74, 6) is -1.81. The number of carbonyl (C=O) groups excluding carboxylic acids is 1. The minimum absolute atomic E-state index is 0.342. The van der Waals surface area contributed by atoms with Gasteiger partial charge in [-0.15, -0.1) is 0 Å². The van der Waals surface area contributed by atoms with Gasteiger partial charge in [0, 0.05) is 24.2 Å². The Bertz CT molecular complexity index is 1370. The fraction of sp³-hybridized carbons (Fsp3) is 0.179. The number of nitrogens with zero attached hydrogens (tertiary/aromatic N) is 2. The van der Waals surface area contributed by atoms with Crippen LogP contribution >= 0.6 is 0 Å². The zero-order valence-corrected chi connectivity index (χ0v) is 19.4.